The molecular weight excluding hydrogens is 258 g/mol. The minimum absolute atomic E-state index is 0.0528. The lowest BCUT2D eigenvalue weighted by Crippen LogP contribution is -2.45. The number of carbonyl (C=O) groups is 2. The molecule has 20 heavy (non-hydrogen) atoms. The summed E-state index contributed by atoms with van der Waals surface area (Å²) in [5.74, 6) is -0.871. The van der Waals surface area contributed by atoms with Crippen molar-refractivity contribution in [1.82, 2.24) is 15.6 Å². The van der Waals surface area contributed by atoms with Gasteiger partial charge in [0, 0.05) is 25.0 Å². The molecule has 0 saturated heterocycles. The van der Waals surface area contributed by atoms with Crippen LogP contribution >= 0.6 is 0 Å². The topological polar surface area (TPSA) is 91.3 Å². The Kier molecular flexibility index (Phi) is 5.96. The van der Waals surface area contributed by atoms with Crippen molar-refractivity contribution >= 4 is 12.0 Å². The Hall–Kier alpha value is -2.11. The lowest BCUT2D eigenvalue weighted by molar-refractivity contribution is -0.137. The molecule has 1 aromatic heterocycles. The molecule has 110 valence electrons. The summed E-state index contributed by atoms with van der Waals surface area (Å²) >= 11 is 0. The zero-order valence-electron chi connectivity index (χ0n) is 12.0. The van der Waals surface area contributed by atoms with Crippen LogP contribution in [0.3, 0.4) is 0 Å². The molecule has 2 amide bonds. The maximum atomic E-state index is 11.8. The molecule has 6 heteroatoms. The smallest absolute Gasteiger partial charge is 0.315 e. The van der Waals surface area contributed by atoms with E-state index in [1.54, 1.807) is 12.4 Å². The van der Waals surface area contributed by atoms with E-state index in [1.807, 2.05) is 26.8 Å². The molecule has 1 atom stereocenters. The maximum absolute atomic E-state index is 11.8. The van der Waals surface area contributed by atoms with E-state index in [1.165, 1.54) is 0 Å². The molecule has 0 aliphatic carbocycles. The highest BCUT2D eigenvalue weighted by molar-refractivity contribution is 5.75. The predicted molar refractivity (Wildman–Crippen MR) is 75.2 cm³/mol. The van der Waals surface area contributed by atoms with Crippen molar-refractivity contribution in [1.29, 1.82) is 0 Å². The number of amides is 2. The zero-order chi connectivity index (χ0) is 15.1. The normalized spacial score (nSPS) is 12.0. The van der Waals surface area contributed by atoms with E-state index < -0.39 is 5.97 Å². The number of urea groups is 1. The largest absolute Gasteiger partial charge is 0.481 e. The van der Waals surface area contributed by atoms with Crippen LogP contribution in [-0.2, 0) is 11.3 Å². The number of aromatic nitrogens is 1. The Morgan fingerprint density at radius 2 is 2.10 bits per heavy atom. The highest BCUT2D eigenvalue weighted by Crippen LogP contribution is 2.07. The van der Waals surface area contributed by atoms with Crippen LogP contribution in [0, 0.1) is 12.8 Å². The fourth-order valence-electron chi connectivity index (χ4n) is 1.72. The first-order valence-corrected chi connectivity index (χ1v) is 6.55. The average Bonchev–Trinajstić information content (AvgIpc) is 2.36. The summed E-state index contributed by atoms with van der Waals surface area (Å²) in [4.78, 5) is 26.5. The first-order chi connectivity index (χ1) is 9.40. The Balaban J connectivity index is 2.50. The van der Waals surface area contributed by atoms with Gasteiger partial charge >= 0.3 is 12.0 Å². The van der Waals surface area contributed by atoms with Crippen LogP contribution in [0.2, 0.25) is 0 Å². The Bertz CT molecular complexity index is 474. The molecule has 1 aromatic rings. The number of carboxylic acid groups (broad SMARTS) is 1. The molecule has 0 aliphatic rings. The fraction of sp³-hybridized carbons (Fsp3) is 0.500. The number of aliphatic carboxylic acids is 1. The van der Waals surface area contributed by atoms with Gasteiger partial charge < -0.3 is 15.7 Å². The van der Waals surface area contributed by atoms with E-state index >= 15 is 0 Å². The van der Waals surface area contributed by atoms with Gasteiger partial charge in [0.15, 0.2) is 0 Å². The van der Waals surface area contributed by atoms with Crippen molar-refractivity contribution in [2.24, 2.45) is 5.92 Å². The van der Waals surface area contributed by atoms with Crippen LogP contribution in [-0.4, -0.2) is 28.1 Å². The average molecular weight is 279 g/mol. The second-order valence-corrected chi connectivity index (χ2v) is 5.08. The number of hydrogen-bond acceptors (Lipinski definition) is 3. The summed E-state index contributed by atoms with van der Waals surface area (Å²) < 4.78 is 0. The molecule has 3 N–H and O–H groups in total. The molecule has 1 unspecified atom stereocenters. The number of hydrogen-bond donors (Lipinski definition) is 3. The van der Waals surface area contributed by atoms with Crippen molar-refractivity contribution in [2.75, 3.05) is 0 Å². The minimum atomic E-state index is -0.924. The van der Waals surface area contributed by atoms with Gasteiger partial charge in [0.25, 0.3) is 0 Å². The molecular formula is C14H21N3O3. The number of pyridine rings is 1. The van der Waals surface area contributed by atoms with E-state index in [-0.39, 0.29) is 24.4 Å². The fourth-order valence-corrected chi connectivity index (χ4v) is 1.72. The van der Waals surface area contributed by atoms with Crippen molar-refractivity contribution in [3.8, 4) is 0 Å². The summed E-state index contributed by atoms with van der Waals surface area (Å²) in [5.41, 5.74) is 1.98. The van der Waals surface area contributed by atoms with Crippen molar-refractivity contribution in [2.45, 2.75) is 39.8 Å². The van der Waals surface area contributed by atoms with Gasteiger partial charge in [0.05, 0.1) is 6.42 Å². The monoisotopic (exact) mass is 279 g/mol. The number of carbonyl (C=O) groups excluding carboxylic acids is 1. The van der Waals surface area contributed by atoms with Gasteiger partial charge in [-0.15, -0.1) is 0 Å². The third-order valence-corrected chi connectivity index (χ3v) is 3.10. The molecule has 1 heterocycles. The van der Waals surface area contributed by atoms with E-state index in [0.29, 0.717) is 6.54 Å². The number of carboxylic acids is 1. The standard InChI is InChI=1S/C14H21N3O3/c1-9(2)12(6-13(18)19)17-14(20)16-8-11-7-15-5-4-10(11)3/h4-5,7,9,12H,6,8H2,1-3H3,(H,18,19)(H2,16,17,20). The molecule has 0 aliphatic heterocycles. The third-order valence-electron chi connectivity index (χ3n) is 3.10. The minimum Gasteiger partial charge on any atom is -0.481 e. The van der Waals surface area contributed by atoms with E-state index in [2.05, 4.69) is 15.6 Å². The first kappa shape index (κ1) is 15.9. The highest BCUT2D eigenvalue weighted by Gasteiger charge is 2.19. The predicted octanol–water partition coefficient (Wildman–Crippen LogP) is 1.69. The Morgan fingerprint density at radius 3 is 2.65 bits per heavy atom. The van der Waals surface area contributed by atoms with Crippen molar-refractivity contribution in [3.63, 3.8) is 0 Å². The van der Waals surface area contributed by atoms with Crippen LogP contribution in [0.1, 0.15) is 31.4 Å². The van der Waals surface area contributed by atoms with Gasteiger partial charge in [0.2, 0.25) is 0 Å². The Morgan fingerprint density at radius 1 is 1.40 bits per heavy atom. The number of nitrogens with one attached hydrogen (secondary N) is 2. The van der Waals surface area contributed by atoms with Crippen molar-refractivity contribution < 1.29 is 14.7 Å². The molecule has 0 aromatic carbocycles. The highest BCUT2D eigenvalue weighted by atomic mass is 16.4. The van der Waals surface area contributed by atoms with Gasteiger partial charge in [-0.05, 0) is 30.0 Å². The lowest BCUT2D eigenvalue weighted by atomic mass is 10.0. The molecule has 0 radical (unpaired) electrons. The van der Waals surface area contributed by atoms with Crippen LogP contribution in [0.5, 0.6) is 0 Å². The molecule has 1 rings (SSSR count). The summed E-state index contributed by atoms with van der Waals surface area (Å²) in [7, 11) is 0. The third kappa shape index (κ3) is 5.26. The van der Waals surface area contributed by atoms with E-state index in [0.717, 1.165) is 11.1 Å². The molecule has 0 fully saturated rings. The van der Waals surface area contributed by atoms with Crippen LogP contribution < -0.4 is 10.6 Å². The molecule has 0 spiro atoms. The molecule has 0 saturated carbocycles. The van der Waals surface area contributed by atoms with Crippen LogP contribution in [0.4, 0.5) is 4.79 Å². The first-order valence-electron chi connectivity index (χ1n) is 6.55. The summed E-state index contributed by atoms with van der Waals surface area (Å²) in [6.45, 7) is 6.06. The summed E-state index contributed by atoms with van der Waals surface area (Å²) in [5, 5.41) is 14.2. The molecule has 0 bridgehead atoms. The van der Waals surface area contributed by atoms with Gasteiger partial charge in [-0.2, -0.15) is 0 Å². The number of aryl methyl sites for hydroxylation is 1. The summed E-state index contributed by atoms with van der Waals surface area (Å²) in [6.07, 6.45) is 3.31. The van der Waals surface area contributed by atoms with Gasteiger partial charge in [-0.1, -0.05) is 13.8 Å². The van der Waals surface area contributed by atoms with Crippen LogP contribution in [0.15, 0.2) is 18.5 Å². The SMILES string of the molecule is Cc1ccncc1CNC(=O)NC(CC(=O)O)C(C)C. The molecule has 6 nitrogen and oxygen atoms in total. The maximum Gasteiger partial charge on any atom is 0.315 e. The quantitative estimate of drug-likeness (QED) is 0.739. The van der Waals surface area contributed by atoms with Gasteiger partial charge in [0.1, 0.15) is 0 Å². The van der Waals surface area contributed by atoms with Crippen LogP contribution in [0.25, 0.3) is 0 Å². The van der Waals surface area contributed by atoms with Gasteiger partial charge in [-0.25, -0.2) is 4.79 Å². The van der Waals surface area contributed by atoms with E-state index in [9.17, 15) is 9.59 Å². The Labute approximate surface area is 118 Å². The second kappa shape index (κ2) is 7.47. The number of nitrogens with zero attached hydrogens (tertiary/aromatic N) is 1. The second-order valence-electron chi connectivity index (χ2n) is 5.08. The summed E-state index contributed by atoms with van der Waals surface area (Å²) in [6, 6.07) is 1.12. The van der Waals surface area contributed by atoms with E-state index in [4.69, 9.17) is 5.11 Å². The zero-order valence-corrected chi connectivity index (χ0v) is 12.0. The number of rotatable bonds is 6. The van der Waals surface area contributed by atoms with Crippen molar-refractivity contribution in [3.05, 3.63) is 29.6 Å². The lowest BCUT2D eigenvalue weighted by Gasteiger charge is -2.21. The van der Waals surface area contributed by atoms with Gasteiger partial charge in [-0.3, -0.25) is 9.78 Å².